The Morgan fingerprint density at radius 1 is 1.35 bits per heavy atom. The van der Waals surface area contributed by atoms with Crippen LogP contribution in [0.25, 0.3) is 0 Å². The minimum absolute atomic E-state index is 0.0908. The number of carbonyl (C=O) groups excluding carboxylic acids is 1. The minimum Gasteiger partial charge on any atom is -0.352 e. The standard InChI is InChI=1S/C16H23IN2O/c17-14-8-4-5-12(9-14)10-16(20)19-15(11-18)13-6-2-1-3-7-13/h4-5,8-9,13,15H,1-3,6-7,10-11,18H2,(H,19,20). The van der Waals surface area contributed by atoms with Crippen LogP contribution in [-0.4, -0.2) is 18.5 Å². The van der Waals surface area contributed by atoms with Crippen LogP contribution in [0, 0.1) is 9.49 Å². The van der Waals surface area contributed by atoms with Crippen molar-refractivity contribution in [1.82, 2.24) is 5.32 Å². The number of nitrogens with two attached hydrogens (primary N) is 1. The van der Waals surface area contributed by atoms with E-state index in [1.54, 1.807) is 0 Å². The van der Waals surface area contributed by atoms with Crippen LogP contribution in [0.1, 0.15) is 37.7 Å². The third kappa shape index (κ3) is 4.74. The fraction of sp³-hybridized carbons (Fsp3) is 0.562. The maximum Gasteiger partial charge on any atom is 0.224 e. The first kappa shape index (κ1) is 15.8. The fourth-order valence-corrected chi connectivity index (χ4v) is 3.60. The lowest BCUT2D eigenvalue weighted by atomic mass is 9.84. The second-order valence-electron chi connectivity index (χ2n) is 5.61. The van der Waals surface area contributed by atoms with Gasteiger partial charge >= 0.3 is 0 Å². The number of hydrogen-bond acceptors (Lipinski definition) is 2. The van der Waals surface area contributed by atoms with Crippen molar-refractivity contribution in [1.29, 1.82) is 0 Å². The van der Waals surface area contributed by atoms with Crippen LogP contribution >= 0.6 is 22.6 Å². The molecular formula is C16H23IN2O. The summed E-state index contributed by atoms with van der Waals surface area (Å²) < 4.78 is 1.16. The Labute approximate surface area is 134 Å². The Morgan fingerprint density at radius 3 is 2.75 bits per heavy atom. The summed E-state index contributed by atoms with van der Waals surface area (Å²) >= 11 is 2.27. The van der Waals surface area contributed by atoms with Gasteiger partial charge in [0.05, 0.1) is 6.42 Å². The predicted molar refractivity (Wildman–Crippen MR) is 90.4 cm³/mol. The monoisotopic (exact) mass is 386 g/mol. The van der Waals surface area contributed by atoms with Crippen LogP contribution < -0.4 is 11.1 Å². The molecule has 1 unspecified atom stereocenters. The van der Waals surface area contributed by atoms with E-state index in [0.29, 0.717) is 18.9 Å². The maximum atomic E-state index is 12.2. The summed E-state index contributed by atoms with van der Waals surface area (Å²) in [5, 5.41) is 3.14. The van der Waals surface area contributed by atoms with Gasteiger partial charge in [-0.05, 0) is 59.0 Å². The van der Waals surface area contributed by atoms with E-state index in [2.05, 4.69) is 34.0 Å². The third-order valence-corrected chi connectivity index (χ3v) is 4.74. The van der Waals surface area contributed by atoms with E-state index < -0.39 is 0 Å². The van der Waals surface area contributed by atoms with E-state index in [-0.39, 0.29) is 11.9 Å². The van der Waals surface area contributed by atoms with Gasteiger partial charge in [0.25, 0.3) is 0 Å². The molecule has 0 aliphatic heterocycles. The minimum atomic E-state index is 0.0908. The summed E-state index contributed by atoms with van der Waals surface area (Å²) in [4.78, 5) is 12.2. The zero-order chi connectivity index (χ0) is 14.4. The molecule has 0 radical (unpaired) electrons. The van der Waals surface area contributed by atoms with Gasteiger partial charge in [0.2, 0.25) is 5.91 Å². The molecule has 110 valence electrons. The first-order valence-electron chi connectivity index (χ1n) is 7.43. The lowest BCUT2D eigenvalue weighted by molar-refractivity contribution is -0.121. The Hall–Kier alpha value is -0.620. The molecule has 3 N–H and O–H groups in total. The number of nitrogens with one attached hydrogen (secondary N) is 1. The summed E-state index contributed by atoms with van der Waals surface area (Å²) in [6.07, 6.45) is 6.71. The summed E-state index contributed by atoms with van der Waals surface area (Å²) in [5.74, 6) is 0.654. The van der Waals surface area contributed by atoms with Crippen LogP contribution in [0.5, 0.6) is 0 Å². The zero-order valence-electron chi connectivity index (χ0n) is 11.8. The quantitative estimate of drug-likeness (QED) is 0.765. The lowest BCUT2D eigenvalue weighted by Gasteiger charge is -2.30. The van der Waals surface area contributed by atoms with Crippen LogP contribution in [0.15, 0.2) is 24.3 Å². The van der Waals surface area contributed by atoms with Gasteiger partial charge in [-0.25, -0.2) is 0 Å². The highest BCUT2D eigenvalue weighted by Crippen LogP contribution is 2.26. The van der Waals surface area contributed by atoms with Gasteiger partial charge in [-0.3, -0.25) is 4.79 Å². The topological polar surface area (TPSA) is 55.1 Å². The van der Waals surface area contributed by atoms with Crippen LogP contribution in [0.3, 0.4) is 0 Å². The lowest BCUT2D eigenvalue weighted by Crippen LogP contribution is -2.46. The molecule has 1 fully saturated rings. The Bertz CT molecular complexity index is 444. The number of hydrogen-bond donors (Lipinski definition) is 2. The van der Waals surface area contributed by atoms with Gasteiger partial charge in [-0.1, -0.05) is 31.4 Å². The van der Waals surface area contributed by atoms with Gasteiger partial charge in [0.15, 0.2) is 0 Å². The van der Waals surface area contributed by atoms with E-state index in [1.807, 2.05) is 18.2 Å². The molecule has 3 nitrogen and oxygen atoms in total. The van der Waals surface area contributed by atoms with Gasteiger partial charge in [0, 0.05) is 16.2 Å². The summed E-state index contributed by atoms with van der Waals surface area (Å²) in [7, 11) is 0. The molecule has 0 saturated heterocycles. The molecule has 2 rings (SSSR count). The van der Waals surface area contributed by atoms with Crippen LogP contribution in [0.4, 0.5) is 0 Å². The smallest absolute Gasteiger partial charge is 0.224 e. The van der Waals surface area contributed by atoms with Crippen molar-refractivity contribution < 1.29 is 4.79 Å². The van der Waals surface area contributed by atoms with Gasteiger partial charge in [0.1, 0.15) is 0 Å². The number of halogens is 1. The molecule has 1 amide bonds. The van der Waals surface area contributed by atoms with Crippen LogP contribution in [-0.2, 0) is 11.2 Å². The van der Waals surface area contributed by atoms with Crippen molar-refractivity contribution in [3.63, 3.8) is 0 Å². The first-order valence-corrected chi connectivity index (χ1v) is 8.51. The molecule has 0 bridgehead atoms. The summed E-state index contributed by atoms with van der Waals surface area (Å²) in [6.45, 7) is 0.544. The molecule has 0 aromatic heterocycles. The first-order chi connectivity index (χ1) is 9.69. The summed E-state index contributed by atoms with van der Waals surface area (Å²) in [5.41, 5.74) is 6.92. The highest BCUT2D eigenvalue weighted by atomic mass is 127. The molecule has 1 aromatic rings. The molecule has 1 aromatic carbocycles. The van der Waals surface area contributed by atoms with Crippen molar-refractivity contribution in [2.45, 2.75) is 44.6 Å². The maximum absolute atomic E-state index is 12.2. The molecular weight excluding hydrogens is 363 g/mol. The second-order valence-corrected chi connectivity index (χ2v) is 6.86. The number of carbonyl (C=O) groups is 1. The molecule has 0 heterocycles. The van der Waals surface area contributed by atoms with Crippen molar-refractivity contribution in [2.75, 3.05) is 6.54 Å². The number of rotatable bonds is 5. The average molecular weight is 386 g/mol. The fourth-order valence-electron chi connectivity index (χ4n) is 3.00. The Balaban J connectivity index is 1.88. The van der Waals surface area contributed by atoms with Crippen LogP contribution in [0.2, 0.25) is 0 Å². The normalized spacial score (nSPS) is 17.7. The molecule has 4 heteroatoms. The highest BCUT2D eigenvalue weighted by molar-refractivity contribution is 14.1. The molecule has 1 saturated carbocycles. The second kappa shape index (κ2) is 7.98. The highest BCUT2D eigenvalue weighted by Gasteiger charge is 2.23. The Morgan fingerprint density at radius 2 is 2.10 bits per heavy atom. The zero-order valence-corrected chi connectivity index (χ0v) is 13.9. The predicted octanol–water partition coefficient (Wildman–Crippen LogP) is 2.86. The SMILES string of the molecule is NCC(NC(=O)Cc1cccc(I)c1)C1CCCCC1. The van der Waals surface area contributed by atoms with E-state index in [1.165, 1.54) is 32.1 Å². The van der Waals surface area contributed by atoms with E-state index >= 15 is 0 Å². The van der Waals surface area contributed by atoms with E-state index in [4.69, 9.17) is 5.73 Å². The number of benzene rings is 1. The van der Waals surface area contributed by atoms with Crippen molar-refractivity contribution in [3.8, 4) is 0 Å². The van der Waals surface area contributed by atoms with Crippen molar-refractivity contribution >= 4 is 28.5 Å². The molecule has 0 spiro atoms. The molecule has 20 heavy (non-hydrogen) atoms. The molecule has 1 aliphatic carbocycles. The molecule has 1 atom stereocenters. The molecule has 1 aliphatic rings. The summed E-state index contributed by atoms with van der Waals surface area (Å²) in [6, 6.07) is 8.22. The third-order valence-electron chi connectivity index (χ3n) is 4.07. The largest absolute Gasteiger partial charge is 0.352 e. The van der Waals surface area contributed by atoms with Gasteiger partial charge in [-0.15, -0.1) is 0 Å². The van der Waals surface area contributed by atoms with E-state index in [9.17, 15) is 4.79 Å². The number of amides is 1. The van der Waals surface area contributed by atoms with E-state index in [0.717, 1.165) is 9.13 Å². The van der Waals surface area contributed by atoms with Gasteiger partial charge < -0.3 is 11.1 Å². The van der Waals surface area contributed by atoms with Gasteiger partial charge in [-0.2, -0.15) is 0 Å². The average Bonchev–Trinajstić information content (AvgIpc) is 2.45. The van der Waals surface area contributed by atoms with Crippen molar-refractivity contribution in [2.24, 2.45) is 11.7 Å². The van der Waals surface area contributed by atoms with Crippen molar-refractivity contribution in [3.05, 3.63) is 33.4 Å². The Kier molecular flexibility index (Phi) is 6.29.